The summed E-state index contributed by atoms with van der Waals surface area (Å²) in [5, 5.41) is 12.4. The predicted molar refractivity (Wildman–Crippen MR) is 83.4 cm³/mol. The maximum Gasteiger partial charge on any atom is 0.311 e. The van der Waals surface area contributed by atoms with Crippen LogP contribution in [-0.4, -0.2) is 36.7 Å². The summed E-state index contributed by atoms with van der Waals surface area (Å²) in [6, 6.07) is 0. The molecule has 0 aromatic heterocycles. The Hall–Kier alpha value is -1.10. The molecule has 2 rings (SSSR count). The summed E-state index contributed by atoms with van der Waals surface area (Å²) in [5.74, 6) is 0.682. The van der Waals surface area contributed by atoms with Crippen LogP contribution >= 0.6 is 0 Å². The number of amides is 1. The number of hydrogen-bond donors (Lipinski definition) is 2. The van der Waals surface area contributed by atoms with E-state index in [2.05, 4.69) is 19.2 Å². The van der Waals surface area contributed by atoms with Crippen molar-refractivity contribution in [3.63, 3.8) is 0 Å². The SMILES string of the molecule is CC(C)C1CCC(C(=O)NCC2(C(=O)O)CCOCC2)CC1. The van der Waals surface area contributed by atoms with Crippen LogP contribution in [0.3, 0.4) is 0 Å². The van der Waals surface area contributed by atoms with E-state index in [9.17, 15) is 14.7 Å². The Kier molecular flexibility index (Phi) is 5.84. The zero-order valence-corrected chi connectivity index (χ0v) is 13.8. The lowest BCUT2D eigenvalue weighted by Crippen LogP contribution is -2.48. The molecule has 0 spiro atoms. The standard InChI is InChI=1S/C17H29NO4/c1-12(2)13-3-5-14(6-4-13)15(19)18-11-17(16(20)21)7-9-22-10-8-17/h12-14H,3-11H2,1-2H3,(H,18,19)(H,20,21). The third-order valence-corrected chi connectivity index (χ3v) is 5.59. The van der Waals surface area contributed by atoms with Gasteiger partial charge < -0.3 is 15.2 Å². The van der Waals surface area contributed by atoms with Gasteiger partial charge >= 0.3 is 5.97 Å². The maximum absolute atomic E-state index is 12.3. The summed E-state index contributed by atoms with van der Waals surface area (Å²) in [6.45, 7) is 5.64. The summed E-state index contributed by atoms with van der Waals surface area (Å²) in [4.78, 5) is 23.9. The number of hydrogen-bond acceptors (Lipinski definition) is 3. The molecular weight excluding hydrogens is 282 g/mol. The van der Waals surface area contributed by atoms with E-state index in [0.717, 1.165) is 31.6 Å². The smallest absolute Gasteiger partial charge is 0.311 e. The topological polar surface area (TPSA) is 75.6 Å². The van der Waals surface area contributed by atoms with Crippen LogP contribution in [0, 0.1) is 23.2 Å². The molecule has 0 radical (unpaired) electrons. The first-order valence-electron chi connectivity index (χ1n) is 8.53. The third kappa shape index (κ3) is 4.00. The van der Waals surface area contributed by atoms with E-state index in [1.807, 2.05) is 0 Å². The number of nitrogens with one attached hydrogen (secondary N) is 1. The summed E-state index contributed by atoms with van der Waals surface area (Å²) < 4.78 is 5.26. The first-order chi connectivity index (χ1) is 10.4. The van der Waals surface area contributed by atoms with Gasteiger partial charge in [0.05, 0.1) is 5.41 Å². The highest BCUT2D eigenvalue weighted by molar-refractivity contribution is 5.80. The summed E-state index contributed by atoms with van der Waals surface area (Å²) >= 11 is 0. The van der Waals surface area contributed by atoms with E-state index in [1.54, 1.807) is 0 Å². The molecule has 1 aliphatic carbocycles. The van der Waals surface area contributed by atoms with Crippen molar-refractivity contribution in [2.45, 2.75) is 52.4 Å². The van der Waals surface area contributed by atoms with Gasteiger partial charge in [0, 0.05) is 25.7 Å². The first kappa shape index (κ1) is 17.3. The molecule has 0 aromatic rings. The number of carboxylic acids is 1. The van der Waals surface area contributed by atoms with Gasteiger partial charge in [-0.2, -0.15) is 0 Å². The van der Waals surface area contributed by atoms with E-state index >= 15 is 0 Å². The molecule has 2 aliphatic rings. The average molecular weight is 311 g/mol. The monoisotopic (exact) mass is 311 g/mol. The van der Waals surface area contributed by atoms with Crippen molar-refractivity contribution in [1.82, 2.24) is 5.32 Å². The molecule has 0 unspecified atom stereocenters. The molecule has 22 heavy (non-hydrogen) atoms. The molecule has 2 fully saturated rings. The van der Waals surface area contributed by atoms with E-state index < -0.39 is 11.4 Å². The van der Waals surface area contributed by atoms with Crippen molar-refractivity contribution in [3.8, 4) is 0 Å². The van der Waals surface area contributed by atoms with Gasteiger partial charge in [0.1, 0.15) is 0 Å². The van der Waals surface area contributed by atoms with Crippen LogP contribution in [-0.2, 0) is 14.3 Å². The number of rotatable bonds is 5. The minimum atomic E-state index is -0.844. The molecule has 0 atom stereocenters. The fraction of sp³-hybridized carbons (Fsp3) is 0.882. The van der Waals surface area contributed by atoms with Gasteiger partial charge in [-0.25, -0.2) is 0 Å². The number of aliphatic carboxylic acids is 1. The van der Waals surface area contributed by atoms with Crippen molar-refractivity contribution in [2.75, 3.05) is 19.8 Å². The maximum atomic E-state index is 12.3. The van der Waals surface area contributed by atoms with Crippen molar-refractivity contribution in [2.24, 2.45) is 23.2 Å². The van der Waals surface area contributed by atoms with Crippen molar-refractivity contribution >= 4 is 11.9 Å². The van der Waals surface area contributed by atoms with Crippen molar-refractivity contribution in [1.29, 1.82) is 0 Å². The molecule has 126 valence electrons. The normalized spacial score (nSPS) is 28.3. The Labute approximate surface area is 132 Å². The second-order valence-corrected chi connectivity index (χ2v) is 7.27. The Morgan fingerprint density at radius 3 is 2.27 bits per heavy atom. The Morgan fingerprint density at radius 2 is 1.77 bits per heavy atom. The van der Waals surface area contributed by atoms with Gasteiger partial charge in [0.25, 0.3) is 0 Å². The number of carbonyl (C=O) groups excluding carboxylic acids is 1. The molecular formula is C17H29NO4. The first-order valence-corrected chi connectivity index (χ1v) is 8.53. The molecule has 1 heterocycles. The highest BCUT2D eigenvalue weighted by Gasteiger charge is 2.41. The van der Waals surface area contributed by atoms with Crippen LogP contribution in [0.5, 0.6) is 0 Å². The van der Waals surface area contributed by atoms with Gasteiger partial charge in [0.2, 0.25) is 5.91 Å². The number of carboxylic acid groups (broad SMARTS) is 1. The zero-order valence-electron chi connectivity index (χ0n) is 13.8. The van der Waals surface area contributed by atoms with Crippen LogP contribution in [0.2, 0.25) is 0 Å². The number of ether oxygens (including phenoxy) is 1. The molecule has 5 nitrogen and oxygen atoms in total. The Balaban J connectivity index is 1.83. The average Bonchev–Trinajstić information content (AvgIpc) is 2.53. The molecule has 1 amide bonds. The largest absolute Gasteiger partial charge is 0.481 e. The molecule has 2 N–H and O–H groups in total. The summed E-state index contributed by atoms with van der Waals surface area (Å²) in [7, 11) is 0. The fourth-order valence-corrected chi connectivity index (χ4v) is 3.68. The van der Waals surface area contributed by atoms with Crippen LogP contribution in [0.4, 0.5) is 0 Å². The lowest BCUT2D eigenvalue weighted by Gasteiger charge is -2.34. The van der Waals surface area contributed by atoms with Gasteiger partial charge in [-0.05, 0) is 50.4 Å². The van der Waals surface area contributed by atoms with Crippen LogP contribution in [0.25, 0.3) is 0 Å². The minimum Gasteiger partial charge on any atom is -0.481 e. The lowest BCUT2D eigenvalue weighted by molar-refractivity contribution is -0.154. The zero-order chi connectivity index (χ0) is 16.2. The van der Waals surface area contributed by atoms with Gasteiger partial charge in [0.15, 0.2) is 0 Å². The van der Waals surface area contributed by atoms with Crippen LogP contribution in [0.15, 0.2) is 0 Å². The highest BCUT2D eigenvalue weighted by atomic mass is 16.5. The van der Waals surface area contributed by atoms with E-state index in [1.165, 1.54) is 0 Å². The molecule has 1 saturated carbocycles. The second-order valence-electron chi connectivity index (χ2n) is 7.27. The molecule has 0 bridgehead atoms. The molecule has 1 aliphatic heterocycles. The predicted octanol–water partition coefficient (Wildman–Crippen LogP) is 2.45. The van der Waals surface area contributed by atoms with Crippen LogP contribution < -0.4 is 5.32 Å². The van der Waals surface area contributed by atoms with Gasteiger partial charge in [-0.1, -0.05) is 13.8 Å². The van der Waals surface area contributed by atoms with Crippen molar-refractivity contribution < 1.29 is 19.4 Å². The minimum absolute atomic E-state index is 0.0364. The molecule has 5 heteroatoms. The van der Waals surface area contributed by atoms with E-state index in [-0.39, 0.29) is 18.4 Å². The highest BCUT2D eigenvalue weighted by Crippen LogP contribution is 2.34. The van der Waals surface area contributed by atoms with Gasteiger partial charge in [-0.15, -0.1) is 0 Å². The third-order valence-electron chi connectivity index (χ3n) is 5.59. The number of carbonyl (C=O) groups is 2. The summed E-state index contributed by atoms with van der Waals surface area (Å²) in [6.07, 6.45) is 5.02. The van der Waals surface area contributed by atoms with Crippen LogP contribution in [0.1, 0.15) is 52.4 Å². The quantitative estimate of drug-likeness (QED) is 0.818. The summed E-state index contributed by atoms with van der Waals surface area (Å²) in [5.41, 5.74) is -0.844. The Bertz CT molecular complexity index is 393. The van der Waals surface area contributed by atoms with Gasteiger partial charge in [-0.3, -0.25) is 9.59 Å². The second kappa shape index (κ2) is 7.44. The molecule has 0 aromatic carbocycles. The van der Waals surface area contributed by atoms with E-state index in [4.69, 9.17) is 4.74 Å². The lowest BCUT2D eigenvalue weighted by atomic mass is 9.76. The van der Waals surface area contributed by atoms with Crippen molar-refractivity contribution in [3.05, 3.63) is 0 Å². The molecule has 1 saturated heterocycles. The fourth-order valence-electron chi connectivity index (χ4n) is 3.68. The van der Waals surface area contributed by atoms with E-state index in [0.29, 0.717) is 32.0 Å². The Morgan fingerprint density at radius 1 is 1.18 bits per heavy atom.